The number of likely N-dealkylation sites (tertiary alicyclic amines) is 1. The molecule has 2 aliphatic rings. The SMILES string of the molecule is CCN1CC2OC2C1C(=O)C(C)(C)C. The van der Waals surface area contributed by atoms with Crippen molar-refractivity contribution in [2.24, 2.45) is 5.41 Å². The zero-order valence-corrected chi connectivity index (χ0v) is 9.41. The summed E-state index contributed by atoms with van der Waals surface area (Å²) in [5.41, 5.74) is -0.251. The molecule has 0 aromatic rings. The Morgan fingerprint density at radius 2 is 2.14 bits per heavy atom. The topological polar surface area (TPSA) is 32.8 Å². The molecular formula is C11H19NO2. The molecule has 0 bridgehead atoms. The van der Waals surface area contributed by atoms with Crippen LogP contribution in [0.15, 0.2) is 0 Å². The van der Waals surface area contributed by atoms with Gasteiger partial charge in [0.2, 0.25) is 0 Å². The van der Waals surface area contributed by atoms with Crippen LogP contribution >= 0.6 is 0 Å². The van der Waals surface area contributed by atoms with Crippen molar-refractivity contribution in [3.63, 3.8) is 0 Å². The van der Waals surface area contributed by atoms with E-state index in [0.29, 0.717) is 11.9 Å². The summed E-state index contributed by atoms with van der Waals surface area (Å²) in [4.78, 5) is 14.4. The number of likely N-dealkylation sites (N-methyl/N-ethyl adjacent to an activating group) is 1. The predicted octanol–water partition coefficient (Wildman–Crippen LogP) is 1.07. The Kier molecular flexibility index (Phi) is 2.20. The quantitative estimate of drug-likeness (QED) is 0.621. The Balaban J connectivity index is 2.12. The van der Waals surface area contributed by atoms with Crippen molar-refractivity contribution in [1.82, 2.24) is 4.90 Å². The largest absolute Gasteiger partial charge is 0.366 e. The van der Waals surface area contributed by atoms with Crippen LogP contribution in [0.3, 0.4) is 0 Å². The van der Waals surface area contributed by atoms with Crippen LogP contribution in [0.4, 0.5) is 0 Å². The van der Waals surface area contributed by atoms with Gasteiger partial charge in [0.15, 0.2) is 5.78 Å². The maximum atomic E-state index is 12.2. The number of fused-ring (bicyclic) bond motifs is 1. The molecule has 2 heterocycles. The summed E-state index contributed by atoms with van der Waals surface area (Å²) in [5.74, 6) is 0.323. The minimum Gasteiger partial charge on any atom is -0.366 e. The Labute approximate surface area is 85.4 Å². The molecule has 2 aliphatic heterocycles. The lowest BCUT2D eigenvalue weighted by molar-refractivity contribution is -0.132. The molecule has 3 heteroatoms. The zero-order chi connectivity index (χ0) is 10.5. The summed E-state index contributed by atoms with van der Waals surface area (Å²) >= 11 is 0. The van der Waals surface area contributed by atoms with Gasteiger partial charge in [-0.15, -0.1) is 0 Å². The number of hydrogen-bond donors (Lipinski definition) is 0. The first-order valence-electron chi connectivity index (χ1n) is 5.39. The predicted molar refractivity (Wildman–Crippen MR) is 54.2 cm³/mol. The second-order valence-corrected chi connectivity index (χ2v) is 5.29. The van der Waals surface area contributed by atoms with Crippen LogP contribution < -0.4 is 0 Å². The molecule has 14 heavy (non-hydrogen) atoms. The zero-order valence-electron chi connectivity index (χ0n) is 9.41. The fourth-order valence-corrected chi connectivity index (χ4v) is 2.22. The van der Waals surface area contributed by atoms with Crippen LogP contribution in [0.1, 0.15) is 27.7 Å². The molecule has 3 nitrogen and oxygen atoms in total. The van der Waals surface area contributed by atoms with Crippen molar-refractivity contribution in [3.8, 4) is 0 Å². The minimum atomic E-state index is -0.251. The van der Waals surface area contributed by atoms with Crippen molar-refractivity contribution >= 4 is 5.78 Å². The van der Waals surface area contributed by atoms with Gasteiger partial charge in [-0.2, -0.15) is 0 Å². The lowest BCUT2D eigenvalue weighted by Gasteiger charge is -2.29. The highest BCUT2D eigenvalue weighted by Gasteiger charge is 2.58. The van der Waals surface area contributed by atoms with E-state index >= 15 is 0 Å². The van der Waals surface area contributed by atoms with Crippen molar-refractivity contribution in [1.29, 1.82) is 0 Å². The first-order chi connectivity index (χ1) is 6.45. The van der Waals surface area contributed by atoms with E-state index in [1.807, 2.05) is 20.8 Å². The standard InChI is InChI=1S/C11H19NO2/c1-5-12-6-7-9(14-7)8(12)10(13)11(2,3)4/h7-9H,5-6H2,1-4H3. The van der Waals surface area contributed by atoms with Gasteiger partial charge >= 0.3 is 0 Å². The fraction of sp³-hybridized carbons (Fsp3) is 0.909. The van der Waals surface area contributed by atoms with E-state index in [1.54, 1.807) is 0 Å². The fourth-order valence-electron chi connectivity index (χ4n) is 2.22. The molecule has 0 aliphatic carbocycles. The summed E-state index contributed by atoms with van der Waals surface area (Å²) in [6.07, 6.45) is 0.535. The number of ketones is 1. The second-order valence-electron chi connectivity index (χ2n) is 5.29. The number of rotatable bonds is 2. The number of Topliss-reactive ketones (excluding diaryl/α,β-unsaturated/α-hetero) is 1. The van der Waals surface area contributed by atoms with E-state index in [0.717, 1.165) is 13.1 Å². The van der Waals surface area contributed by atoms with Gasteiger partial charge in [-0.1, -0.05) is 27.7 Å². The van der Waals surface area contributed by atoms with E-state index in [1.165, 1.54) is 0 Å². The Morgan fingerprint density at radius 3 is 2.64 bits per heavy atom. The van der Waals surface area contributed by atoms with E-state index in [2.05, 4.69) is 11.8 Å². The first-order valence-corrected chi connectivity index (χ1v) is 5.39. The van der Waals surface area contributed by atoms with Crippen molar-refractivity contribution < 1.29 is 9.53 Å². The van der Waals surface area contributed by atoms with Crippen LogP contribution in [-0.4, -0.2) is 42.0 Å². The average Bonchev–Trinajstić information content (AvgIpc) is 2.75. The van der Waals surface area contributed by atoms with Gasteiger partial charge in [0.25, 0.3) is 0 Å². The number of hydrogen-bond acceptors (Lipinski definition) is 3. The monoisotopic (exact) mass is 197 g/mol. The molecule has 0 aromatic heterocycles. The molecule has 0 amide bonds. The van der Waals surface area contributed by atoms with E-state index in [9.17, 15) is 4.79 Å². The maximum Gasteiger partial charge on any atom is 0.158 e. The highest BCUT2D eigenvalue weighted by atomic mass is 16.6. The molecule has 3 unspecified atom stereocenters. The maximum absolute atomic E-state index is 12.2. The molecule has 2 rings (SSSR count). The van der Waals surface area contributed by atoms with Crippen LogP contribution in [-0.2, 0) is 9.53 Å². The molecule has 0 spiro atoms. The van der Waals surface area contributed by atoms with Gasteiger partial charge in [0.1, 0.15) is 6.10 Å². The number of epoxide rings is 1. The number of ether oxygens (including phenoxy) is 1. The van der Waals surface area contributed by atoms with E-state index < -0.39 is 0 Å². The first kappa shape index (κ1) is 10.1. The summed E-state index contributed by atoms with van der Waals surface area (Å²) < 4.78 is 5.45. The van der Waals surface area contributed by atoms with Gasteiger partial charge < -0.3 is 4.74 Å². The Morgan fingerprint density at radius 1 is 1.50 bits per heavy atom. The summed E-state index contributed by atoms with van der Waals surface area (Å²) in [6.45, 7) is 9.95. The Hall–Kier alpha value is -0.410. The highest BCUT2D eigenvalue weighted by Crippen LogP contribution is 2.39. The van der Waals surface area contributed by atoms with Crippen LogP contribution in [0.2, 0.25) is 0 Å². The minimum absolute atomic E-state index is 0.0185. The average molecular weight is 197 g/mol. The molecule has 0 N–H and O–H groups in total. The van der Waals surface area contributed by atoms with E-state index in [-0.39, 0.29) is 17.6 Å². The number of nitrogens with zero attached hydrogens (tertiary/aromatic N) is 1. The molecule has 3 atom stereocenters. The lowest BCUT2D eigenvalue weighted by atomic mass is 9.85. The molecule has 0 radical (unpaired) electrons. The second kappa shape index (κ2) is 3.04. The number of carbonyl (C=O) groups excluding carboxylic acids is 1. The van der Waals surface area contributed by atoms with Crippen LogP contribution in [0.25, 0.3) is 0 Å². The molecule has 0 saturated carbocycles. The van der Waals surface area contributed by atoms with Crippen LogP contribution in [0, 0.1) is 5.41 Å². The number of carbonyl (C=O) groups is 1. The third-order valence-corrected chi connectivity index (χ3v) is 3.15. The van der Waals surface area contributed by atoms with Gasteiger partial charge in [0.05, 0.1) is 12.1 Å². The van der Waals surface area contributed by atoms with Gasteiger partial charge in [-0.25, -0.2) is 0 Å². The highest BCUT2D eigenvalue weighted by molar-refractivity contribution is 5.90. The smallest absolute Gasteiger partial charge is 0.158 e. The normalized spacial score (nSPS) is 37.0. The summed E-state index contributed by atoms with van der Waals surface area (Å²) in [5, 5.41) is 0. The van der Waals surface area contributed by atoms with Crippen molar-refractivity contribution in [3.05, 3.63) is 0 Å². The molecular weight excluding hydrogens is 178 g/mol. The molecule has 0 aromatic carbocycles. The summed E-state index contributed by atoms with van der Waals surface area (Å²) in [7, 11) is 0. The lowest BCUT2D eigenvalue weighted by Crippen LogP contribution is -2.45. The van der Waals surface area contributed by atoms with Gasteiger partial charge in [-0.05, 0) is 6.54 Å². The molecule has 2 saturated heterocycles. The molecule has 2 fully saturated rings. The van der Waals surface area contributed by atoms with Gasteiger partial charge in [0, 0.05) is 12.0 Å². The number of morpholine rings is 1. The van der Waals surface area contributed by atoms with Gasteiger partial charge in [-0.3, -0.25) is 9.69 Å². The van der Waals surface area contributed by atoms with Crippen molar-refractivity contribution in [2.75, 3.05) is 13.1 Å². The summed E-state index contributed by atoms with van der Waals surface area (Å²) in [6, 6.07) is 0.0185. The van der Waals surface area contributed by atoms with E-state index in [4.69, 9.17) is 4.74 Å². The van der Waals surface area contributed by atoms with Crippen LogP contribution in [0.5, 0.6) is 0 Å². The molecule has 80 valence electrons. The van der Waals surface area contributed by atoms with Crippen molar-refractivity contribution in [2.45, 2.75) is 45.9 Å². The third kappa shape index (κ3) is 1.48. The Bertz CT molecular complexity index is 257. The third-order valence-electron chi connectivity index (χ3n) is 3.15.